The summed E-state index contributed by atoms with van der Waals surface area (Å²) in [5.41, 5.74) is 5.20. The van der Waals surface area contributed by atoms with Gasteiger partial charge in [0.1, 0.15) is 5.52 Å². The maximum Gasteiger partial charge on any atom is 0.224 e. The molecule has 0 unspecified atom stereocenters. The molecule has 1 aromatic carbocycles. The molecule has 0 saturated heterocycles. The Kier molecular flexibility index (Phi) is 4.01. The van der Waals surface area contributed by atoms with Crippen molar-refractivity contribution in [1.29, 1.82) is 0 Å². The quantitative estimate of drug-likeness (QED) is 0.785. The number of amides is 1. The van der Waals surface area contributed by atoms with E-state index in [1.54, 1.807) is 4.68 Å². The van der Waals surface area contributed by atoms with Gasteiger partial charge in [-0.3, -0.25) is 9.89 Å². The van der Waals surface area contributed by atoms with E-state index in [-0.39, 0.29) is 11.3 Å². The van der Waals surface area contributed by atoms with Crippen LogP contribution in [0.1, 0.15) is 44.1 Å². The monoisotopic (exact) mass is 352 g/mol. The van der Waals surface area contributed by atoms with Crippen LogP contribution in [0.4, 0.5) is 0 Å². The van der Waals surface area contributed by atoms with Crippen LogP contribution in [0, 0.1) is 0 Å². The Hall–Kier alpha value is -2.70. The van der Waals surface area contributed by atoms with Gasteiger partial charge in [0, 0.05) is 42.6 Å². The first-order valence-electron chi connectivity index (χ1n) is 9.06. The number of carbonyl (C=O) groups is 1. The molecule has 4 rings (SSSR count). The normalized spacial score (nSPS) is 14.7. The van der Waals surface area contributed by atoms with Crippen LogP contribution < -0.4 is 0 Å². The Morgan fingerprint density at radius 3 is 2.88 bits per heavy atom. The minimum absolute atomic E-state index is 0.0320. The average Bonchev–Trinajstić information content (AvgIpc) is 3.22. The number of rotatable bonds is 3. The van der Waals surface area contributed by atoms with Crippen LogP contribution in [0.3, 0.4) is 0 Å². The predicted octanol–water partition coefficient (Wildman–Crippen LogP) is 2.43. The Balaban J connectivity index is 1.46. The number of H-pyrrole nitrogens is 1. The van der Waals surface area contributed by atoms with Crippen molar-refractivity contribution in [2.45, 2.75) is 52.1 Å². The van der Waals surface area contributed by atoms with Gasteiger partial charge in [0.15, 0.2) is 0 Å². The van der Waals surface area contributed by atoms with Gasteiger partial charge in [-0.25, -0.2) is 4.68 Å². The second-order valence-corrected chi connectivity index (χ2v) is 7.90. The summed E-state index contributed by atoms with van der Waals surface area (Å²) in [6, 6.07) is 7.81. The Morgan fingerprint density at radius 1 is 1.27 bits per heavy atom. The van der Waals surface area contributed by atoms with Crippen molar-refractivity contribution in [3.63, 3.8) is 0 Å². The number of nitrogens with one attached hydrogen (secondary N) is 1. The topological polar surface area (TPSA) is 79.7 Å². The number of aromatic amines is 1. The lowest BCUT2D eigenvalue weighted by molar-refractivity contribution is -0.132. The third-order valence-electron chi connectivity index (χ3n) is 4.95. The number of para-hydroxylation sites is 1. The van der Waals surface area contributed by atoms with Gasteiger partial charge in [0.2, 0.25) is 5.91 Å². The van der Waals surface area contributed by atoms with E-state index in [9.17, 15) is 4.79 Å². The van der Waals surface area contributed by atoms with Crippen molar-refractivity contribution >= 4 is 16.9 Å². The molecule has 1 amide bonds. The van der Waals surface area contributed by atoms with Gasteiger partial charge in [0.25, 0.3) is 0 Å². The highest BCUT2D eigenvalue weighted by Gasteiger charge is 2.29. The first-order valence-corrected chi connectivity index (χ1v) is 9.06. The summed E-state index contributed by atoms with van der Waals surface area (Å²) >= 11 is 0. The fourth-order valence-electron chi connectivity index (χ4n) is 3.57. The van der Waals surface area contributed by atoms with Crippen molar-refractivity contribution in [3.05, 3.63) is 41.2 Å². The molecule has 0 spiro atoms. The Labute approximate surface area is 152 Å². The summed E-state index contributed by atoms with van der Waals surface area (Å²) in [7, 11) is 0. The van der Waals surface area contributed by atoms with Gasteiger partial charge < -0.3 is 4.90 Å². The third kappa shape index (κ3) is 2.98. The highest BCUT2D eigenvalue weighted by molar-refractivity contribution is 5.77. The van der Waals surface area contributed by atoms with E-state index in [1.807, 2.05) is 29.2 Å². The zero-order valence-electron chi connectivity index (χ0n) is 15.5. The molecule has 0 radical (unpaired) electrons. The van der Waals surface area contributed by atoms with E-state index in [0.717, 1.165) is 29.7 Å². The summed E-state index contributed by atoms with van der Waals surface area (Å²) < 4.78 is 1.81. The number of aromatic nitrogens is 5. The van der Waals surface area contributed by atoms with Crippen molar-refractivity contribution in [2.75, 3.05) is 6.54 Å². The molecule has 0 aliphatic carbocycles. The molecule has 0 bridgehead atoms. The summed E-state index contributed by atoms with van der Waals surface area (Å²) in [6.07, 6.45) is 1.25. The molecule has 3 aromatic rings. The molecule has 7 nitrogen and oxygen atoms in total. The first kappa shape index (κ1) is 16.8. The Bertz CT molecular complexity index is 948. The highest BCUT2D eigenvalue weighted by Crippen LogP contribution is 2.29. The van der Waals surface area contributed by atoms with Gasteiger partial charge in [-0.05, 0) is 12.1 Å². The van der Waals surface area contributed by atoms with E-state index in [4.69, 9.17) is 0 Å². The number of benzene rings is 1. The maximum atomic E-state index is 12.8. The number of hydrogen-bond donors (Lipinski definition) is 1. The average molecular weight is 352 g/mol. The fraction of sp³-hybridized carbons (Fsp3) is 0.474. The molecule has 136 valence electrons. The van der Waals surface area contributed by atoms with Crippen molar-refractivity contribution in [2.24, 2.45) is 0 Å². The predicted molar refractivity (Wildman–Crippen MR) is 98.6 cm³/mol. The van der Waals surface area contributed by atoms with E-state index in [0.29, 0.717) is 19.5 Å². The molecule has 1 N–H and O–H groups in total. The van der Waals surface area contributed by atoms with Gasteiger partial charge in [0.05, 0.1) is 17.8 Å². The van der Waals surface area contributed by atoms with Crippen molar-refractivity contribution in [3.8, 4) is 0 Å². The minimum atomic E-state index is -0.0320. The van der Waals surface area contributed by atoms with E-state index < -0.39 is 0 Å². The number of carbonyl (C=O) groups excluding carboxylic acids is 1. The van der Waals surface area contributed by atoms with Crippen molar-refractivity contribution in [1.82, 2.24) is 30.1 Å². The smallest absolute Gasteiger partial charge is 0.224 e. The maximum absolute atomic E-state index is 12.8. The lowest BCUT2D eigenvalue weighted by Gasteiger charge is -2.29. The van der Waals surface area contributed by atoms with Crippen LogP contribution in [0.2, 0.25) is 0 Å². The molecule has 0 atom stereocenters. The van der Waals surface area contributed by atoms with Crippen LogP contribution >= 0.6 is 0 Å². The molecular weight excluding hydrogens is 328 g/mol. The molecule has 0 fully saturated rings. The lowest BCUT2D eigenvalue weighted by Crippen LogP contribution is -2.37. The number of fused-ring (bicyclic) bond motifs is 2. The summed E-state index contributed by atoms with van der Waals surface area (Å²) in [5, 5.41) is 16.0. The first-order chi connectivity index (χ1) is 12.4. The van der Waals surface area contributed by atoms with Crippen molar-refractivity contribution < 1.29 is 4.79 Å². The largest absolute Gasteiger partial charge is 0.338 e. The van der Waals surface area contributed by atoms with Gasteiger partial charge in [-0.2, -0.15) is 5.10 Å². The van der Waals surface area contributed by atoms with Crippen LogP contribution in [0.25, 0.3) is 11.0 Å². The molecule has 2 aromatic heterocycles. The van der Waals surface area contributed by atoms with Gasteiger partial charge in [-0.15, -0.1) is 5.10 Å². The lowest BCUT2D eigenvalue weighted by atomic mass is 9.87. The zero-order valence-corrected chi connectivity index (χ0v) is 15.5. The second-order valence-electron chi connectivity index (χ2n) is 7.90. The minimum Gasteiger partial charge on any atom is -0.338 e. The number of hydrogen-bond acceptors (Lipinski definition) is 4. The van der Waals surface area contributed by atoms with Crippen LogP contribution in [-0.4, -0.2) is 42.5 Å². The SMILES string of the molecule is CC(C)(C)c1n[nH]c2c1CN(C(=O)CCn1nnc3ccccc31)CC2. The number of nitrogens with zero attached hydrogens (tertiary/aromatic N) is 5. The third-order valence-corrected chi connectivity index (χ3v) is 4.95. The number of aryl methyl sites for hydroxylation is 1. The molecule has 3 heterocycles. The summed E-state index contributed by atoms with van der Waals surface area (Å²) in [4.78, 5) is 14.7. The van der Waals surface area contributed by atoms with E-state index in [1.165, 1.54) is 11.3 Å². The standard InChI is InChI=1S/C19H24N6O/c1-19(2,3)18-13-12-24(10-8-14(13)20-22-18)17(26)9-11-25-16-7-5-4-6-15(16)21-23-25/h4-7H,8-12H2,1-3H3,(H,20,22). The van der Waals surface area contributed by atoms with Crippen LogP contribution in [-0.2, 0) is 29.7 Å². The summed E-state index contributed by atoms with van der Waals surface area (Å²) in [5.74, 6) is 0.149. The highest BCUT2D eigenvalue weighted by atomic mass is 16.2. The van der Waals surface area contributed by atoms with Gasteiger partial charge in [-0.1, -0.05) is 38.1 Å². The molecule has 7 heteroatoms. The second kappa shape index (κ2) is 6.23. The molecular formula is C19H24N6O. The van der Waals surface area contributed by atoms with Crippen LogP contribution in [0.15, 0.2) is 24.3 Å². The summed E-state index contributed by atoms with van der Waals surface area (Å²) in [6.45, 7) is 8.37. The van der Waals surface area contributed by atoms with E-state index in [2.05, 4.69) is 41.3 Å². The van der Waals surface area contributed by atoms with Gasteiger partial charge >= 0.3 is 0 Å². The molecule has 26 heavy (non-hydrogen) atoms. The fourth-order valence-corrected chi connectivity index (χ4v) is 3.57. The Morgan fingerprint density at radius 2 is 2.08 bits per heavy atom. The zero-order chi connectivity index (χ0) is 18.3. The van der Waals surface area contributed by atoms with E-state index >= 15 is 0 Å². The molecule has 1 aliphatic heterocycles. The molecule has 1 aliphatic rings. The molecule has 0 saturated carbocycles. The van der Waals surface area contributed by atoms with Crippen LogP contribution in [0.5, 0.6) is 0 Å².